The number of hydrogen-bond acceptors (Lipinski definition) is 2. The van der Waals surface area contributed by atoms with Gasteiger partial charge in [-0.3, -0.25) is 0 Å². The Balaban J connectivity index is 1.91. The van der Waals surface area contributed by atoms with Crippen molar-refractivity contribution in [3.8, 4) is 0 Å². The molecule has 1 saturated carbocycles. The van der Waals surface area contributed by atoms with Crippen molar-refractivity contribution in [2.75, 3.05) is 0 Å². The lowest BCUT2D eigenvalue weighted by Gasteiger charge is -2.28. The third-order valence-electron chi connectivity index (χ3n) is 4.27. The highest BCUT2D eigenvalue weighted by Gasteiger charge is 2.19. The highest BCUT2D eigenvalue weighted by molar-refractivity contribution is 9.10. The summed E-state index contributed by atoms with van der Waals surface area (Å²) in [7, 11) is 0. The molecule has 0 amide bonds. The van der Waals surface area contributed by atoms with Gasteiger partial charge in [0.05, 0.1) is 5.56 Å². The van der Waals surface area contributed by atoms with Crippen LogP contribution in [-0.2, 0) is 6.54 Å². The molecule has 1 fully saturated rings. The molecule has 1 aromatic rings. The molecule has 1 atom stereocenters. The van der Waals surface area contributed by atoms with Crippen molar-refractivity contribution in [3.05, 3.63) is 33.8 Å². The molecule has 3 nitrogen and oxygen atoms in total. The van der Waals surface area contributed by atoms with E-state index in [4.69, 9.17) is 5.11 Å². The molecule has 4 heteroatoms. The average molecular weight is 340 g/mol. The van der Waals surface area contributed by atoms with Gasteiger partial charge in [0.1, 0.15) is 0 Å². The van der Waals surface area contributed by atoms with Crippen LogP contribution in [0, 0.1) is 5.92 Å². The van der Waals surface area contributed by atoms with Crippen LogP contribution in [0.5, 0.6) is 0 Å². The zero-order valence-corrected chi connectivity index (χ0v) is 13.4. The second-order valence-electron chi connectivity index (χ2n) is 5.68. The summed E-state index contributed by atoms with van der Waals surface area (Å²) in [6.07, 6.45) is 6.74. The maximum atomic E-state index is 10.9. The lowest BCUT2D eigenvalue weighted by molar-refractivity contribution is 0.0697. The van der Waals surface area contributed by atoms with Crippen LogP contribution in [0.15, 0.2) is 22.7 Å². The molecule has 20 heavy (non-hydrogen) atoms. The van der Waals surface area contributed by atoms with Gasteiger partial charge in [-0.25, -0.2) is 4.79 Å². The predicted octanol–water partition coefficient (Wildman–Crippen LogP) is 4.21. The van der Waals surface area contributed by atoms with Gasteiger partial charge in [0.2, 0.25) is 0 Å². The van der Waals surface area contributed by atoms with E-state index in [9.17, 15) is 4.79 Å². The topological polar surface area (TPSA) is 49.3 Å². The summed E-state index contributed by atoms with van der Waals surface area (Å²) in [4.78, 5) is 10.9. The minimum Gasteiger partial charge on any atom is -0.478 e. The zero-order valence-electron chi connectivity index (χ0n) is 11.9. The van der Waals surface area contributed by atoms with Crippen molar-refractivity contribution < 1.29 is 9.90 Å². The second kappa shape index (κ2) is 7.23. The van der Waals surface area contributed by atoms with E-state index < -0.39 is 5.97 Å². The van der Waals surface area contributed by atoms with Gasteiger partial charge >= 0.3 is 5.97 Å². The van der Waals surface area contributed by atoms with Crippen LogP contribution < -0.4 is 5.32 Å². The smallest absolute Gasteiger partial charge is 0.335 e. The van der Waals surface area contributed by atoms with Crippen LogP contribution in [0.3, 0.4) is 0 Å². The Hall–Kier alpha value is -0.870. The van der Waals surface area contributed by atoms with Crippen LogP contribution in [0.1, 0.15) is 54.9 Å². The van der Waals surface area contributed by atoms with Crippen molar-refractivity contribution in [2.24, 2.45) is 5.92 Å². The van der Waals surface area contributed by atoms with E-state index in [-0.39, 0.29) is 0 Å². The molecule has 1 aromatic carbocycles. The number of hydrogen-bond donors (Lipinski definition) is 2. The summed E-state index contributed by atoms with van der Waals surface area (Å²) in [5, 5.41) is 12.5. The van der Waals surface area contributed by atoms with Crippen molar-refractivity contribution in [1.29, 1.82) is 0 Å². The lowest BCUT2D eigenvalue weighted by atomic mass is 9.84. The molecule has 0 bridgehead atoms. The molecule has 0 aliphatic heterocycles. The molecule has 0 aromatic heterocycles. The zero-order chi connectivity index (χ0) is 14.5. The maximum Gasteiger partial charge on any atom is 0.335 e. The predicted molar refractivity (Wildman–Crippen MR) is 84.0 cm³/mol. The molecular formula is C16H22BrNO2. The number of carboxylic acids is 1. The first-order chi connectivity index (χ1) is 9.58. The molecule has 1 unspecified atom stereocenters. The van der Waals surface area contributed by atoms with E-state index in [0.29, 0.717) is 11.6 Å². The van der Waals surface area contributed by atoms with Gasteiger partial charge < -0.3 is 10.4 Å². The van der Waals surface area contributed by atoms with Crippen molar-refractivity contribution in [2.45, 2.75) is 51.6 Å². The molecule has 2 rings (SSSR count). The van der Waals surface area contributed by atoms with E-state index >= 15 is 0 Å². The third-order valence-corrected chi connectivity index (χ3v) is 5.01. The third kappa shape index (κ3) is 4.06. The van der Waals surface area contributed by atoms with Crippen LogP contribution in [-0.4, -0.2) is 17.1 Å². The fraction of sp³-hybridized carbons (Fsp3) is 0.562. The number of benzene rings is 1. The summed E-state index contributed by atoms with van der Waals surface area (Å²) in [6, 6.07) is 5.73. The molecule has 1 aliphatic carbocycles. The minimum absolute atomic E-state index is 0.320. The highest BCUT2D eigenvalue weighted by Crippen LogP contribution is 2.27. The number of nitrogens with one attached hydrogen (secondary N) is 1. The highest BCUT2D eigenvalue weighted by atomic mass is 79.9. The summed E-state index contributed by atoms with van der Waals surface area (Å²) >= 11 is 3.46. The monoisotopic (exact) mass is 339 g/mol. The SMILES string of the molecule is CC(NCc1ccc(C(=O)O)cc1Br)C1CCCCC1. The Kier molecular flexibility index (Phi) is 5.61. The van der Waals surface area contributed by atoms with Crippen LogP contribution in [0.25, 0.3) is 0 Å². The van der Waals surface area contributed by atoms with Crippen molar-refractivity contribution >= 4 is 21.9 Å². The summed E-state index contributed by atoms with van der Waals surface area (Å²) in [6.45, 7) is 3.04. The van der Waals surface area contributed by atoms with E-state index in [0.717, 1.165) is 22.5 Å². The molecule has 0 radical (unpaired) electrons. The maximum absolute atomic E-state index is 10.9. The molecule has 0 heterocycles. The fourth-order valence-electron chi connectivity index (χ4n) is 2.90. The second-order valence-corrected chi connectivity index (χ2v) is 6.53. The Morgan fingerprint density at radius 2 is 2.10 bits per heavy atom. The molecule has 110 valence electrons. The van der Waals surface area contributed by atoms with E-state index in [1.54, 1.807) is 12.1 Å². The number of aromatic carboxylic acids is 1. The average Bonchev–Trinajstić information content (AvgIpc) is 2.46. The summed E-state index contributed by atoms with van der Waals surface area (Å²) < 4.78 is 0.862. The first-order valence-electron chi connectivity index (χ1n) is 7.33. The number of carboxylic acid groups (broad SMARTS) is 1. The van der Waals surface area contributed by atoms with Gasteiger partial charge in [0.25, 0.3) is 0 Å². The van der Waals surface area contributed by atoms with Crippen molar-refractivity contribution in [3.63, 3.8) is 0 Å². The Bertz CT molecular complexity index is 470. The summed E-state index contributed by atoms with van der Waals surface area (Å²) in [5.41, 5.74) is 1.43. The van der Waals surface area contributed by atoms with Gasteiger partial charge in [-0.15, -0.1) is 0 Å². The summed E-state index contributed by atoms with van der Waals surface area (Å²) in [5.74, 6) is -0.110. The van der Waals surface area contributed by atoms with Gasteiger partial charge in [-0.1, -0.05) is 41.3 Å². The van der Waals surface area contributed by atoms with Gasteiger partial charge in [0, 0.05) is 17.1 Å². The standard InChI is InChI=1S/C16H22BrNO2/c1-11(12-5-3-2-4-6-12)18-10-14-8-7-13(16(19)20)9-15(14)17/h7-9,11-12,18H,2-6,10H2,1H3,(H,19,20). The van der Waals surface area contributed by atoms with Gasteiger partial charge in [-0.2, -0.15) is 0 Å². The normalized spacial score (nSPS) is 17.9. The van der Waals surface area contributed by atoms with E-state index in [2.05, 4.69) is 28.2 Å². The number of carbonyl (C=O) groups is 1. The quantitative estimate of drug-likeness (QED) is 0.844. The lowest BCUT2D eigenvalue weighted by Crippen LogP contribution is -2.34. The van der Waals surface area contributed by atoms with Gasteiger partial charge in [-0.05, 0) is 43.4 Å². The Morgan fingerprint density at radius 1 is 1.40 bits per heavy atom. The van der Waals surface area contributed by atoms with Crippen LogP contribution >= 0.6 is 15.9 Å². The molecule has 0 spiro atoms. The number of rotatable bonds is 5. The Morgan fingerprint density at radius 3 is 2.70 bits per heavy atom. The first kappa shape index (κ1) is 15.5. The van der Waals surface area contributed by atoms with Crippen molar-refractivity contribution in [1.82, 2.24) is 5.32 Å². The molecule has 0 saturated heterocycles. The molecule has 2 N–H and O–H groups in total. The van der Waals surface area contributed by atoms with Crippen LogP contribution in [0.4, 0.5) is 0 Å². The molecular weight excluding hydrogens is 318 g/mol. The van der Waals surface area contributed by atoms with E-state index in [1.165, 1.54) is 32.1 Å². The largest absolute Gasteiger partial charge is 0.478 e. The first-order valence-corrected chi connectivity index (χ1v) is 8.12. The molecule has 1 aliphatic rings. The van der Waals surface area contributed by atoms with E-state index in [1.807, 2.05) is 6.07 Å². The fourth-order valence-corrected chi connectivity index (χ4v) is 3.41. The minimum atomic E-state index is -0.888. The van der Waals surface area contributed by atoms with Gasteiger partial charge in [0.15, 0.2) is 0 Å². The Labute approximate surface area is 128 Å². The van der Waals surface area contributed by atoms with Crippen LogP contribution in [0.2, 0.25) is 0 Å². The number of halogens is 1.